The summed E-state index contributed by atoms with van der Waals surface area (Å²) in [5.41, 5.74) is 0.836. The minimum Gasteiger partial charge on any atom is -0.221 e. The molecule has 56 valence electrons. The third-order valence-electron chi connectivity index (χ3n) is 1.40. The summed E-state index contributed by atoms with van der Waals surface area (Å²) in [7, 11) is 0. The summed E-state index contributed by atoms with van der Waals surface area (Å²) in [6.07, 6.45) is 1.85. The van der Waals surface area contributed by atoms with Crippen molar-refractivity contribution in [2.45, 2.75) is 5.88 Å². The average Bonchev–Trinajstić information content (AvgIpc) is 2.46. The Morgan fingerprint density at radius 2 is 2.36 bits per heavy atom. The molecule has 0 aliphatic rings. The van der Waals surface area contributed by atoms with Crippen molar-refractivity contribution in [1.29, 1.82) is 0 Å². The summed E-state index contributed by atoms with van der Waals surface area (Å²) in [6.45, 7) is 0. The van der Waals surface area contributed by atoms with Crippen LogP contribution in [0.25, 0.3) is 5.65 Å². The van der Waals surface area contributed by atoms with Crippen molar-refractivity contribution in [2.24, 2.45) is 0 Å². The van der Waals surface area contributed by atoms with E-state index in [9.17, 15) is 0 Å². The van der Waals surface area contributed by atoms with E-state index in [-0.39, 0.29) is 0 Å². The zero-order valence-corrected chi connectivity index (χ0v) is 6.49. The molecule has 2 heterocycles. The van der Waals surface area contributed by atoms with Gasteiger partial charge in [-0.25, -0.2) is 9.50 Å². The largest absolute Gasteiger partial charge is 0.221 e. The molecule has 0 bridgehead atoms. The maximum Gasteiger partial charge on any atom is 0.166 e. The lowest BCUT2D eigenvalue weighted by atomic mass is 10.5. The average molecular weight is 168 g/mol. The van der Waals surface area contributed by atoms with Crippen molar-refractivity contribution in [2.75, 3.05) is 0 Å². The van der Waals surface area contributed by atoms with Gasteiger partial charge >= 0.3 is 0 Å². The standard InChI is InChI=1S/C7H6ClN3/c8-5-6-9-7-3-1-2-4-11(7)10-6/h1-4H,5H2. The first-order valence-corrected chi connectivity index (χ1v) is 3.80. The number of rotatable bonds is 1. The van der Waals surface area contributed by atoms with Gasteiger partial charge in [-0.1, -0.05) is 6.07 Å². The molecule has 0 aliphatic carbocycles. The first kappa shape index (κ1) is 6.61. The van der Waals surface area contributed by atoms with Gasteiger partial charge in [0.05, 0.1) is 5.88 Å². The Morgan fingerprint density at radius 1 is 1.45 bits per heavy atom. The zero-order valence-electron chi connectivity index (χ0n) is 5.74. The minimum atomic E-state index is 0.363. The van der Waals surface area contributed by atoms with Crippen LogP contribution in [0.2, 0.25) is 0 Å². The van der Waals surface area contributed by atoms with Gasteiger partial charge < -0.3 is 0 Å². The van der Waals surface area contributed by atoms with E-state index in [1.165, 1.54) is 0 Å². The molecule has 0 saturated carbocycles. The number of pyridine rings is 1. The predicted octanol–water partition coefficient (Wildman–Crippen LogP) is 1.47. The Balaban J connectivity index is 2.69. The van der Waals surface area contributed by atoms with Gasteiger partial charge in [0, 0.05) is 6.20 Å². The van der Waals surface area contributed by atoms with Crippen LogP contribution in [-0.2, 0) is 5.88 Å². The van der Waals surface area contributed by atoms with E-state index < -0.39 is 0 Å². The molecule has 2 aromatic heterocycles. The van der Waals surface area contributed by atoms with Crippen LogP contribution >= 0.6 is 11.6 Å². The lowest BCUT2D eigenvalue weighted by Gasteiger charge is -1.84. The van der Waals surface area contributed by atoms with E-state index >= 15 is 0 Å². The second-order valence-electron chi connectivity index (χ2n) is 2.17. The summed E-state index contributed by atoms with van der Waals surface area (Å²) < 4.78 is 1.71. The van der Waals surface area contributed by atoms with Gasteiger partial charge in [0.1, 0.15) is 0 Å². The first-order chi connectivity index (χ1) is 5.40. The van der Waals surface area contributed by atoms with Crippen molar-refractivity contribution in [1.82, 2.24) is 14.6 Å². The number of hydrogen-bond donors (Lipinski definition) is 0. The molecule has 0 saturated heterocycles. The molecular formula is C7H6ClN3. The first-order valence-electron chi connectivity index (χ1n) is 3.26. The molecule has 4 heteroatoms. The Kier molecular flexibility index (Phi) is 1.51. The fourth-order valence-corrected chi connectivity index (χ4v) is 1.05. The van der Waals surface area contributed by atoms with Crippen LogP contribution in [0, 0.1) is 0 Å². The van der Waals surface area contributed by atoms with Gasteiger partial charge in [-0.15, -0.1) is 11.6 Å². The lowest BCUT2D eigenvalue weighted by Crippen LogP contribution is -1.84. The summed E-state index contributed by atoms with van der Waals surface area (Å²) in [6, 6.07) is 5.71. The van der Waals surface area contributed by atoms with Crippen LogP contribution in [0.1, 0.15) is 5.82 Å². The Labute approximate surface area is 68.6 Å². The topological polar surface area (TPSA) is 30.2 Å². The van der Waals surface area contributed by atoms with Crippen LogP contribution in [-0.4, -0.2) is 14.6 Å². The van der Waals surface area contributed by atoms with E-state index in [1.807, 2.05) is 24.4 Å². The maximum absolute atomic E-state index is 5.56. The minimum absolute atomic E-state index is 0.363. The van der Waals surface area contributed by atoms with Crippen LogP contribution in [0.5, 0.6) is 0 Å². The third kappa shape index (κ3) is 1.07. The fourth-order valence-electron chi connectivity index (χ4n) is 0.934. The Morgan fingerprint density at radius 3 is 3.09 bits per heavy atom. The van der Waals surface area contributed by atoms with Crippen LogP contribution in [0.15, 0.2) is 24.4 Å². The predicted molar refractivity (Wildman–Crippen MR) is 42.5 cm³/mol. The van der Waals surface area contributed by atoms with E-state index in [2.05, 4.69) is 10.1 Å². The Bertz CT molecular complexity index is 335. The number of fused-ring (bicyclic) bond motifs is 1. The molecule has 0 atom stereocenters. The molecule has 0 aromatic carbocycles. The second kappa shape index (κ2) is 2.51. The van der Waals surface area contributed by atoms with Gasteiger partial charge in [0.15, 0.2) is 11.5 Å². The zero-order chi connectivity index (χ0) is 7.68. The highest BCUT2D eigenvalue weighted by Crippen LogP contribution is 2.01. The highest BCUT2D eigenvalue weighted by molar-refractivity contribution is 6.16. The van der Waals surface area contributed by atoms with E-state index in [1.54, 1.807) is 4.52 Å². The molecule has 0 unspecified atom stereocenters. The quantitative estimate of drug-likeness (QED) is 0.602. The monoisotopic (exact) mass is 167 g/mol. The van der Waals surface area contributed by atoms with Gasteiger partial charge in [0.2, 0.25) is 0 Å². The van der Waals surface area contributed by atoms with E-state index in [0.29, 0.717) is 11.7 Å². The van der Waals surface area contributed by atoms with Crippen molar-refractivity contribution in [3.05, 3.63) is 30.2 Å². The van der Waals surface area contributed by atoms with Crippen molar-refractivity contribution >= 4 is 17.2 Å². The molecule has 3 nitrogen and oxygen atoms in total. The van der Waals surface area contributed by atoms with Gasteiger partial charge in [-0.05, 0) is 12.1 Å². The number of alkyl halides is 1. The number of hydrogen-bond acceptors (Lipinski definition) is 2. The van der Waals surface area contributed by atoms with Crippen molar-refractivity contribution in [3.8, 4) is 0 Å². The summed E-state index contributed by atoms with van der Waals surface area (Å²) in [5.74, 6) is 1.03. The molecule has 2 aromatic rings. The molecule has 2 rings (SSSR count). The van der Waals surface area contributed by atoms with Crippen molar-refractivity contribution < 1.29 is 0 Å². The van der Waals surface area contributed by atoms with Crippen LogP contribution in [0.4, 0.5) is 0 Å². The summed E-state index contributed by atoms with van der Waals surface area (Å²) in [5, 5.41) is 4.10. The van der Waals surface area contributed by atoms with Gasteiger partial charge in [-0.3, -0.25) is 0 Å². The molecule has 0 fully saturated rings. The van der Waals surface area contributed by atoms with Crippen LogP contribution in [0.3, 0.4) is 0 Å². The maximum atomic E-state index is 5.56. The van der Waals surface area contributed by atoms with Gasteiger partial charge in [0.25, 0.3) is 0 Å². The van der Waals surface area contributed by atoms with Gasteiger partial charge in [-0.2, -0.15) is 5.10 Å². The molecule has 11 heavy (non-hydrogen) atoms. The molecule has 0 spiro atoms. The lowest BCUT2D eigenvalue weighted by molar-refractivity contribution is 0.923. The van der Waals surface area contributed by atoms with E-state index in [4.69, 9.17) is 11.6 Å². The summed E-state index contributed by atoms with van der Waals surface area (Å²) in [4.78, 5) is 4.15. The number of halogens is 1. The molecular weight excluding hydrogens is 162 g/mol. The third-order valence-corrected chi connectivity index (χ3v) is 1.64. The SMILES string of the molecule is ClCc1nc2ccccn2n1. The highest BCUT2D eigenvalue weighted by atomic mass is 35.5. The smallest absolute Gasteiger partial charge is 0.166 e. The van der Waals surface area contributed by atoms with Crippen LogP contribution < -0.4 is 0 Å². The second-order valence-corrected chi connectivity index (χ2v) is 2.43. The molecule has 0 N–H and O–H groups in total. The molecule has 0 aliphatic heterocycles. The summed E-state index contributed by atoms with van der Waals surface area (Å²) >= 11 is 5.56. The molecule has 0 radical (unpaired) electrons. The van der Waals surface area contributed by atoms with E-state index in [0.717, 1.165) is 5.65 Å². The number of nitrogens with zero attached hydrogens (tertiary/aromatic N) is 3. The fraction of sp³-hybridized carbons (Fsp3) is 0.143. The van der Waals surface area contributed by atoms with Crippen molar-refractivity contribution in [3.63, 3.8) is 0 Å². The highest BCUT2D eigenvalue weighted by Gasteiger charge is 1.98. The molecule has 0 amide bonds. The normalized spacial score (nSPS) is 10.6. The number of aromatic nitrogens is 3. The Hall–Kier alpha value is -1.09.